The lowest BCUT2D eigenvalue weighted by Crippen LogP contribution is -2.51. The second kappa shape index (κ2) is 2.43. The Balaban J connectivity index is 2.71. The Morgan fingerprint density at radius 1 is 1.73 bits per heavy atom. The first kappa shape index (κ1) is 7.87. The summed E-state index contributed by atoms with van der Waals surface area (Å²) in [6.45, 7) is 3.14. The fourth-order valence-corrected chi connectivity index (χ4v) is 0.612. The summed E-state index contributed by atoms with van der Waals surface area (Å²) >= 11 is 0. The molecule has 2 N–H and O–H groups in total. The van der Waals surface area contributed by atoms with Crippen molar-refractivity contribution in [1.29, 1.82) is 0 Å². The number of hydrogen-bond donors (Lipinski definition) is 2. The summed E-state index contributed by atoms with van der Waals surface area (Å²) in [5, 5.41) is 10.1. The van der Waals surface area contributed by atoms with E-state index in [1.807, 2.05) is 0 Å². The van der Waals surface area contributed by atoms with Crippen LogP contribution in [-0.4, -0.2) is 21.6 Å². The lowest BCUT2D eigenvalue weighted by atomic mass is 10.1. The number of carboxylic acid groups (broad SMARTS) is 1. The SMILES string of the molecule is CC(C)(C(=O)O)N1C=CON1. The Bertz CT molecular complexity index is 200. The lowest BCUT2D eigenvalue weighted by molar-refractivity contribution is -0.153. The number of aliphatic carboxylic acids is 1. The van der Waals surface area contributed by atoms with Gasteiger partial charge in [-0.3, -0.25) is 5.01 Å². The van der Waals surface area contributed by atoms with Gasteiger partial charge in [0, 0.05) is 0 Å². The van der Waals surface area contributed by atoms with E-state index in [1.54, 1.807) is 13.8 Å². The smallest absolute Gasteiger partial charge is 0.330 e. The van der Waals surface area contributed by atoms with E-state index in [-0.39, 0.29) is 0 Å². The molecule has 0 saturated carbocycles. The lowest BCUT2D eigenvalue weighted by Gasteiger charge is -2.28. The Kier molecular flexibility index (Phi) is 1.74. The highest BCUT2D eigenvalue weighted by Gasteiger charge is 2.34. The number of nitrogens with one attached hydrogen (secondary N) is 1. The monoisotopic (exact) mass is 158 g/mol. The maximum atomic E-state index is 10.6. The van der Waals surface area contributed by atoms with Crippen LogP contribution in [0.4, 0.5) is 0 Å². The third-order valence-corrected chi connectivity index (χ3v) is 1.55. The van der Waals surface area contributed by atoms with E-state index >= 15 is 0 Å². The van der Waals surface area contributed by atoms with Crippen molar-refractivity contribution in [2.75, 3.05) is 0 Å². The second-order valence-electron chi connectivity index (χ2n) is 2.73. The zero-order valence-electron chi connectivity index (χ0n) is 6.37. The first-order chi connectivity index (χ1) is 5.05. The molecule has 0 aromatic carbocycles. The molecule has 0 unspecified atom stereocenters. The molecule has 0 radical (unpaired) electrons. The Hall–Kier alpha value is -1.23. The average molecular weight is 158 g/mol. The maximum absolute atomic E-state index is 10.6. The van der Waals surface area contributed by atoms with Crippen molar-refractivity contribution in [3.05, 3.63) is 12.5 Å². The zero-order chi connectivity index (χ0) is 8.48. The summed E-state index contributed by atoms with van der Waals surface area (Å²) < 4.78 is 0. The van der Waals surface area contributed by atoms with Crippen LogP contribution in [-0.2, 0) is 9.63 Å². The number of hydrazine groups is 1. The number of carbonyl (C=O) groups is 1. The topological polar surface area (TPSA) is 61.8 Å². The Labute approximate surface area is 64.2 Å². The van der Waals surface area contributed by atoms with E-state index in [4.69, 9.17) is 5.11 Å². The highest BCUT2D eigenvalue weighted by molar-refractivity contribution is 5.77. The molecule has 0 amide bonds. The minimum atomic E-state index is -0.993. The van der Waals surface area contributed by atoms with Gasteiger partial charge < -0.3 is 9.94 Å². The number of carboxylic acids is 1. The molecule has 0 fully saturated rings. The molecule has 0 aromatic rings. The first-order valence-corrected chi connectivity index (χ1v) is 3.16. The van der Waals surface area contributed by atoms with Gasteiger partial charge in [0.2, 0.25) is 0 Å². The van der Waals surface area contributed by atoms with Crippen LogP contribution in [0.2, 0.25) is 0 Å². The minimum absolute atomic E-state index is 0.917. The quantitative estimate of drug-likeness (QED) is 0.595. The zero-order valence-corrected chi connectivity index (χ0v) is 6.37. The van der Waals surface area contributed by atoms with Gasteiger partial charge in [-0.2, -0.15) is 0 Å². The maximum Gasteiger partial charge on any atom is 0.330 e. The predicted octanol–water partition coefficient (Wildman–Crippen LogP) is 0.0726. The molecule has 1 aliphatic rings. The largest absolute Gasteiger partial charge is 0.479 e. The molecule has 1 rings (SSSR count). The van der Waals surface area contributed by atoms with Crippen molar-refractivity contribution >= 4 is 5.97 Å². The molecule has 0 saturated heterocycles. The molecule has 0 aromatic heterocycles. The molecular formula is C6H10N2O3. The predicted molar refractivity (Wildman–Crippen MR) is 36.9 cm³/mol. The summed E-state index contributed by atoms with van der Waals surface area (Å²) in [6, 6.07) is 0. The number of nitrogens with zero attached hydrogens (tertiary/aromatic N) is 1. The van der Waals surface area contributed by atoms with Crippen LogP contribution in [0.15, 0.2) is 12.5 Å². The summed E-state index contributed by atoms with van der Waals surface area (Å²) in [5.74, 6) is -0.917. The standard InChI is InChI=1S/C6H10N2O3/c1-6(2,5(9)10)8-3-4-11-7-8/h3-4,7H,1-2H3,(H,9,10). The van der Waals surface area contributed by atoms with Crippen LogP contribution in [0, 0.1) is 0 Å². The summed E-state index contributed by atoms with van der Waals surface area (Å²) in [4.78, 5) is 15.3. The van der Waals surface area contributed by atoms with Crippen molar-refractivity contribution in [3.8, 4) is 0 Å². The fraction of sp³-hybridized carbons (Fsp3) is 0.500. The Morgan fingerprint density at radius 2 is 2.36 bits per heavy atom. The van der Waals surface area contributed by atoms with Crippen LogP contribution in [0.3, 0.4) is 0 Å². The normalized spacial score (nSPS) is 16.7. The van der Waals surface area contributed by atoms with E-state index in [9.17, 15) is 4.79 Å². The first-order valence-electron chi connectivity index (χ1n) is 3.16. The molecule has 1 aliphatic heterocycles. The van der Waals surface area contributed by atoms with Crippen LogP contribution >= 0.6 is 0 Å². The van der Waals surface area contributed by atoms with Crippen molar-refractivity contribution in [1.82, 2.24) is 10.6 Å². The minimum Gasteiger partial charge on any atom is -0.479 e. The Morgan fingerprint density at radius 3 is 2.73 bits per heavy atom. The summed E-state index contributed by atoms with van der Waals surface area (Å²) in [6.07, 6.45) is 2.90. The molecule has 0 atom stereocenters. The highest BCUT2D eigenvalue weighted by Crippen LogP contribution is 2.14. The van der Waals surface area contributed by atoms with Crippen molar-refractivity contribution < 1.29 is 14.7 Å². The average Bonchev–Trinajstić information content (AvgIpc) is 2.37. The number of rotatable bonds is 2. The van der Waals surface area contributed by atoms with Gasteiger partial charge in [0.1, 0.15) is 11.8 Å². The van der Waals surface area contributed by atoms with E-state index in [1.165, 1.54) is 17.5 Å². The molecule has 5 nitrogen and oxygen atoms in total. The van der Waals surface area contributed by atoms with Gasteiger partial charge in [-0.05, 0) is 13.8 Å². The molecule has 0 bridgehead atoms. The number of hydrogen-bond acceptors (Lipinski definition) is 4. The summed E-state index contributed by atoms with van der Waals surface area (Å²) in [5.41, 5.74) is 1.43. The van der Waals surface area contributed by atoms with Crippen LogP contribution in [0.5, 0.6) is 0 Å². The van der Waals surface area contributed by atoms with Crippen molar-refractivity contribution in [3.63, 3.8) is 0 Å². The third kappa shape index (κ3) is 1.27. The van der Waals surface area contributed by atoms with Gasteiger partial charge in [0.25, 0.3) is 0 Å². The van der Waals surface area contributed by atoms with Crippen LogP contribution in [0.25, 0.3) is 0 Å². The molecule has 0 aliphatic carbocycles. The van der Waals surface area contributed by atoms with Gasteiger partial charge in [0.05, 0.1) is 6.20 Å². The summed E-state index contributed by atoms with van der Waals surface area (Å²) in [7, 11) is 0. The van der Waals surface area contributed by atoms with Gasteiger partial charge in [-0.25, -0.2) is 4.79 Å². The van der Waals surface area contributed by atoms with E-state index in [0.717, 1.165) is 0 Å². The molecule has 5 heteroatoms. The molecule has 62 valence electrons. The highest BCUT2D eigenvalue weighted by atomic mass is 16.7. The molecule has 0 spiro atoms. The van der Waals surface area contributed by atoms with Crippen LogP contribution in [0.1, 0.15) is 13.8 Å². The van der Waals surface area contributed by atoms with Gasteiger partial charge in [0.15, 0.2) is 0 Å². The van der Waals surface area contributed by atoms with Crippen molar-refractivity contribution in [2.45, 2.75) is 19.4 Å². The van der Waals surface area contributed by atoms with Crippen molar-refractivity contribution in [2.24, 2.45) is 0 Å². The second-order valence-corrected chi connectivity index (χ2v) is 2.73. The van der Waals surface area contributed by atoms with Gasteiger partial charge >= 0.3 is 5.97 Å². The van der Waals surface area contributed by atoms with E-state index in [2.05, 4.69) is 10.4 Å². The molecule has 1 heterocycles. The molecular weight excluding hydrogens is 148 g/mol. The fourth-order valence-electron chi connectivity index (χ4n) is 0.612. The van der Waals surface area contributed by atoms with Gasteiger partial charge in [-0.15, -0.1) is 0 Å². The molecule has 11 heavy (non-hydrogen) atoms. The van der Waals surface area contributed by atoms with Crippen LogP contribution < -0.4 is 5.59 Å². The van der Waals surface area contributed by atoms with E-state index in [0.29, 0.717) is 0 Å². The van der Waals surface area contributed by atoms with E-state index < -0.39 is 11.5 Å². The van der Waals surface area contributed by atoms with Gasteiger partial charge in [-0.1, -0.05) is 5.59 Å². The third-order valence-electron chi connectivity index (χ3n) is 1.55.